The molecule has 1 aliphatic heterocycles. The normalized spacial score (nSPS) is 16.5. The predicted octanol–water partition coefficient (Wildman–Crippen LogP) is 1.84. The van der Waals surface area contributed by atoms with Crippen LogP contribution >= 0.6 is 0 Å². The number of piperidine rings is 1. The highest BCUT2D eigenvalue weighted by Crippen LogP contribution is 2.14. The van der Waals surface area contributed by atoms with E-state index >= 15 is 0 Å². The second-order valence-electron chi connectivity index (χ2n) is 7.52. The lowest BCUT2D eigenvalue weighted by Crippen LogP contribution is -2.58. The van der Waals surface area contributed by atoms with Crippen LogP contribution in [0.25, 0.3) is 0 Å². The molecular weight excluding hydrogens is 386 g/mol. The summed E-state index contributed by atoms with van der Waals surface area (Å²) < 4.78 is 5.18. The van der Waals surface area contributed by atoms with E-state index in [9.17, 15) is 19.5 Å². The predicted molar refractivity (Wildman–Crippen MR) is 113 cm³/mol. The summed E-state index contributed by atoms with van der Waals surface area (Å²) in [5.41, 5.74) is 1.09. The van der Waals surface area contributed by atoms with Crippen molar-refractivity contribution in [3.63, 3.8) is 0 Å². The van der Waals surface area contributed by atoms with Gasteiger partial charge in [-0.2, -0.15) is 0 Å². The number of carboxylic acid groups (broad SMARTS) is 1. The van der Waals surface area contributed by atoms with Gasteiger partial charge in [-0.15, -0.1) is 0 Å². The number of amides is 1. The molecule has 0 bridgehead atoms. The molecule has 0 saturated carbocycles. The van der Waals surface area contributed by atoms with Gasteiger partial charge in [0.2, 0.25) is 0 Å². The van der Waals surface area contributed by atoms with E-state index in [1.165, 1.54) is 5.01 Å². The van der Waals surface area contributed by atoms with E-state index in [1.54, 1.807) is 13.8 Å². The van der Waals surface area contributed by atoms with E-state index in [0.29, 0.717) is 25.9 Å². The molecule has 1 saturated heterocycles. The quantitative estimate of drug-likeness (QED) is 0.528. The Labute approximate surface area is 178 Å². The number of rotatable bonds is 11. The van der Waals surface area contributed by atoms with Crippen LogP contribution in [0.4, 0.5) is 0 Å². The minimum absolute atomic E-state index is 0.254. The second kappa shape index (κ2) is 12.3. The first kappa shape index (κ1) is 23.8. The van der Waals surface area contributed by atoms with Crippen molar-refractivity contribution in [2.24, 2.45) is 0 Å². The van der Waals surface area contributed by atoms with Crippen molar-refractivity contribution >= 4 is 17.8 Å². The molecule has 2 rings (SSSR count). The molecule has 0 spiro atoms. The highest BCUT2D eigenvalue weighted by Gasteiger charge is 2.31. The lowest BCUT2D eigenvalue weighted by atomic mass is 10.0. The van der Waals surface area contributed by atoms with E-state index < -0.39 is 24.0 Å². The first-order valence-corrected chi connectivity index (χ1v) is 10.7. The van der Waals surface area contributed by atoms with Gasteiger partial charge >= 0.3 is 11.9 Å². The van der Waals surface area contributed by atoms with E-state index in [0.717, 1.165) is 24.8 Å². The first-order chi connectivity index (χ1) is 14.4. The molecule has 0 aromatic heterocycles. The second-order valence-corrected chi connectivity index (χ2v) is 7.52. The van der Waals surface area contributed by atoms with Gasteiger partial charge in [0.15, 0.2) is 0 Å². The number of nitrogens with one attached hydrogen (secondary N) is 1. The minimum atomic E-state index is -1.06. The minimum Gasteiger partial charge on any atom is -0.480 e. The van der Waals surface area contributed by atoms with Crippen molar-refractivity contribution in [1.29, 1.82) is 0 Å². The molecule has 1 amide bonds. The standard InChI is InChI=1S/C22H33N3O5/c1-3-30-22(29)19(13-12-18-10-6-4-7-11-18)23-17(2)21(28)25(16-20(26)27)24-14-8-5-9-15-24/h4,6-7,10-11,17,19,23H,3,5,8-9,12-16H2,1-2H3,(H,26,27)/t17-,19-/m0/s1. The van der Waals surface area contributed by atoms with Crippen molar-refractivity contribution in [2.45, 2.75) is 58.0 Å². The molecule has 1 fully saturated rings. The van der Waals surface area contributed by atoms with Crippen molar-refractivity contribution in [2.75, 3.05) is 26.2 Å². The van der Waals surface area contributed by atoms with Gasteiger partial charge in [-0.05, 0) is 45.1 Å². The highest BCUT2D eigenvalue weighted by atomic mass is 16.5. The maximum Gasteiger partial charge on any atom is 0.324 e. The van der Waals surface area contributed by atoms with Gasteiger partial charge in [0.25, 0.3) is 5.91 Å². The SMILES string of the molecule is CCOC(=O)[C@H](CCc1ccccc1)N[C@@H](C)C(=O)N(CC(=O)O)N1CCCCC1. The Hall–Kier alpha value is -2.45. The zero-order valence-corrected chi connectivity index (χ0v) is 17.9. The molecular formula is C22H33N3O5. The summed E-state index contributed by atoms with van der Waals surface area (Å²) in [5.74, 6) is -1.82. The van der Waals surface area contributed by atoms with Crippen LogP contribution in [-0.4, -0.2) is 71.3 Å². The summed E-state index contributed by atoms with van der Waals surface area (Å²) in [4.78, 5) is 36.9. The summed E-state index contributed by atoms with van der Waals surface area (Å²) in [6.07, 6.45) is 4.05. The number of carbonyl (C=O) groups is 3. The number of esters is 1. The molecule has 2 atom stereocenters. The van der Waals surface area contributed by atoms with E-state index in [4.69, 9.17) is 4.74 Å². The van der Waals surface area contributed by atoms with Gasteiger partial charge < -0.3 is 9.84 Å². The Morgan fingerprint density at radius 1 is 1.17 bits per heavy atom. The van der Waals surface area contributed by atoms with Gasteiger partial charge in [-0.1, -0.05) is 36.8 Å². The fraction of sp³-hybridized carbons (Fsp3) is 0.591. The Balaban J connectivity index is 2.06. The zero-order chi connectivity index (χ0) is 21.9. The Morgan fingerprint density at radius 3 is 2.43 bits per heavy atom. The monoisotopic (exact) mass is 419 g/mol. The molecule has 166 valence electrons. The number of benzene rings is 1. The average molecular weight is 420 g/mol. The zero-order valence-electron chi connectivity index (χ0n) is 17.9. The van der Waals surface area contributed by atoms with Crippen molar-refractivity contribution < 1.29 is 24.2 Å². The summed E-state index contributed by atoms with van der Waals surface area (Å²) in [6.45, 7) is 4.58. The number of hydrogen-bond donors (Lipinski definition) is 2. The molecule has 0 aliphatic carbocycles. The van der Waals surface area contributed by atoms with E-state index in [-0.39, 0.29) is 19.1 Å². The highest BCUT2D eigenvalue weighted by molar-refractivity contribution is 5.85. The molecule has 30 heavy (non-hydrogen) atoms. The van der Waals surface area contributed by atoms with Crippen molar-refractivity contribution in [1.82, 2.24) is 15.3 Å². The molecule has 1 aliphatic rings. The maximum absolute atomic E-state index is 13.1. The number of hydrogen-bond acceptors (Lipinski definition) is 6. The van der Waals surface area contributed by atoms with Gasteiger partial charge in [0.1, 0.15) is 12.6 Å². The number of carbonyl (C=O) groups excluding carboxylic acids is 2. The average Bonchev–Trinajstić information content (AvgIpc) is 2.75. The topological polar surface area (TPSA) is 99.2 Å². The van der Waals surface area contributed by atoms with Crippen molar-refractivity contribution in [3.05, 3.63) is 35.9 Å². The lowest BCUT2D eigenvalue weighted by molar-refractivity contribution is -0.163. The summed E-state index contributed by atoms with van der Waals surface area (Å²) in [5, 5.41) is 15.5. The van der Waals surface area contributed by atoms with E-state index in [2.05, 4.69) is 5.32 Å². The van der Waals surface area contributed by atoms with Gasteiger partial charge in [0, 0.05) is 13.1 Å². The maximum atomic E-state index is 13.1. The molecule has 2 N–H and O–H groups in total. The first-order valence-electron chi connectivity index (χ1n) is 10.7. The number of hydrazine groups is 1. The number of nitrogens with zero attached hydrogens (tertiary/aromatic N) is 2. The van der Waals surface area contributed by atoms with Gasteiger partial charge in [-0.3, -0.25) is 24.7 Å². The number of aryl methyl sites for hydroxylation is 1. The van der Waals surface area contributed by atoms with Crippen LogP contribution in [0.3, 0.4) is 0 Å². The molecule has 1 aromatic carbocycles. The third kappa shape index (κ3) is 7.42. The van der Waals surface area contributed by atoms with Gasteiger partial charge in [-0.25, -0.2) is 5.01 Å². The summed E-state index contributed by atoms with van der Waals surface area (Å²) in [6, 6.07) is 8.41. The van der Waals surface area contributed by atoms with Crippen LogP contribution < -0.4 is 5.32 Å². The Bertz CT molecular complexity index is 691. The smallest absolute Gasteiger partial charge is 0.324 e. The number of ether oxygens (including phenoxy) is 1. The largest absolute Gasteiger partial charge is 0.480 e. The fourth-order valence-corrected chi connectivity index (χ4v) is 3.63. The van der Waals surface area contributed by atoms with Gasteiger partial charge in [0.05, 0.1) is 12.6 Å². The molecule has 8 heteroatoms. The van der Waals surface area contributed by atoms with Crippen LogP contribution in [0.2, 0.25) is 0 Å². The van der Waals surface area contributed by atoms with Crippen LogP contribution in [0, 0.1) is 0 Å². The number of aliphatic carboxylic acids is 1. The molecule has 8 nitrogen and oxygen atoms in total. The summed E-state index contributed by atoms with van der Waals surface area (Å²) >= 11 is 0. The fourth-order valence-electron chi connectivity index (χ4n) is 3.63. The Kier molecular flexibility index (Phi) is 9.76. The molecule has 0 radical (unpaired) electrons. The van der Waals surface area contributed by atoms with Crippen LogP contribution in [-0.2, 0) is 25.5 Å². The third-order valence-electron chi connectivity index (χ3n) is 5.17. The third-order valence-corrected chi connectivity index (χ3v) is 5.17. The number of carboxylic acids is 1. The van der Waals surface area contributed by atoms with Crippen LogP contribution in [0.5, 0.6) is 0 Å². The molecule has 1 aromatic rings. The lowest BCUT2D eigenvalue weighted by Gasteiger charge is -2.38. The van der Waals surface area contributed by atoms with Crippen LogP contribution in [0.1, 0.15) is 45.1 Å². The molecule has 1 heterocycles. The van der Waals surface area contributed by atoms with E-state index in [1.807, 2.05) is 35.3 Å². The summed E-state index contributed by atoms with van der Waals surface area (Å²) in [7, 11) is 0. The van der Waals surface area contributed by atoms with Crippen molar-refractivity contribution in [3.8, 4) is 0 Å². The Morgan fingerprint density at radius 2 is 1.83 bits per heavy atom. The van der Waals surface area contributed by atoms with Crippen LogP contribution in [0.15, 0.2) is 30.3 Å². The molecule has 0 unspecified atom stereocenters.